The molecule has 0 amide bonds. The van der Waals surface area contributed by atoms with E-state index in [-0.39, 0.29) is 5.56 Å². The molecular weight excluding hydrogens is 246 g/mol. The number of hydrogen-bond donors (Lipinski definition) is 0. The van der Waals surface area contributed by atoms with E-state index in [0.29, 0.717) is 6.73 Å². The zero-order chi connectivity index (χ0) is 9.97. The lowest BCUT2D eigenvalue weighted by molar-refractivity contribution is 0.0667. The van der Waals surface area contributed by atoms with Crippen molar-refractivity contribution in [2.24, 2.45) is 5.92 Å². The first-order valence-electron chi connectivity index (χ1n) is 4.69. The van der Waals surface area contributed by atoms with Gasteiger partial charge in [-0.05, 0) is 40.8 Å². The molecule has 0 aliphatic heterocycles. The van der Waals surface area contributed by atoms with Crippen LogP contribution >= 0.6 is 15.9 Å². The number of ether oxygens (including phenoxy) is 1. The van der Waals surface area contributed by atoms with Crippen LogP contribution in [0.2, 0.25) is 0 Å². The minimum absolute atomic E-state index is 0.0241. The summed E-state index contributed by atoms with van der Waals surface area (Å²) in [6.45, 7) is 1.13. The summed E-state index contributed by atoms with van der Waals surface area (Å²) in [6, 6.07) is 3.27. The molecule has 0 aromatic carbocycles. The van der Waals surface area contributed by atoms with Crippen molar-refractivity contribution in [1.82, 2.24) is 4.57 Å². The fraction of sp³-hybridized carbons (Fsp3) is 0.500. The van der Waals surface area contributed by atoms with Gasteiger partial charge in [0.2, 0.25) is 0 Å². The first kappa shape index (κ1) is 9.93. The third-order valence-electron chi connectivity index (χ3n) is 2.23. The highest BCUT2D eigenvalue weighted by molar-refractivity contribution is 9.10. The lowest BCUT2D eigenvalue weighted by atomic mass is 10.5. The summed E-state index contributed by atoms with van der Waals surface area (Å²) < 4.78 is 7.88. The van der Waals surface area contributed by atoms with Crippen molar-refractivity contribution in [3.8, 4) is 0 Å². The quantitative estimate of drug-likeness (QED) is 0.827. The Labute approximate surface area is 90.8 Å². The van der Waals surface area contributed by atoms with Crippen molar-refractivity contribution >= 4 is 15.9 Å². The molecule has 1 aliphatic carbocycles. The van der Waals surface area contributed by atoms with E-state index in [2.05, 4.69) is 15.9 Å². The fourth-order valence-corrected chi connectivity index (χ4v) is 1.58. The van der Waals surface area contributed by atoms with E-state index in [1.54, 1.807) is 16.8 Å². The molecule has 1 aromatic heterocycles. The van der Waals surface area contributed by atoms with Gasteiger partial charge in [0.25, 0.3) is 5.56 Å². The predicted molar refractivity (Wildman–Crippen MR) is 57.1 cm³/mol. The predicted octanol–water partition coefficient (Wildman–Crippen LogP) is 1.99. The number of nitrogens with zero attached hydrogens (tertiary/aromatic N) is 1. The van der Waals surface area contributed by atoms with Crippen LogP contribution in [0.25, 0.3) is 0 Å². The Morgan fingerprint density at radius 3 is 3.00 bits per heavy atom. The van der Waals surface area contributed by atoms with Crippen molar-refractivity contribution in [3.05, 3.63) is 33.2 Å². The normalized spacial score (nSPS) is 15.8. The van der Waals surface area contributed by atoms with Crippen LogP contribution in [0.3, 0.4) is 0 Å². The Hall–Kier alpha value is -0.610. The second-order valence-corrected chi connectivity index (χ2v) is 4.51. The SMILES string of the molecule is O=c1ccc(Br)cn1COCC1CC1. The fourth-order valence-electron chi connectivity index (χ4n) is 1.21. The molecule has 0 radical (unpaired) electrons. The second kappa shape index (κ2) is 4.28. The van der Waals surface area contributed by atoms with Crippen LogP contribution in [0.5, 0.6) is 0 Å². The topological polar surface area (TPSA) is 31.2 Å². The Kier molecular flexibility index (Phi) is 3.03. The molecule has 76 valence electrons. The van der Waals surface area contributed by atoms with E-state index in [0.717, 1.165) is 17.0 Å². The molecule has 1 aromatic rings. The van der Waals surface area contributed by atoms with Gasteiger partial charge in [-0.25, -0.2) is 0 Å². The van der Waals surface area contributed by atoms with E-state index in [1.807, 2.05) is 0 Å². The van der Waals surface area contributed by atoms with Crippen LogP contribution in [0, 0.1) is 5.92 Å². The molecular formula is C10H12BrNO2. The average molecular weight is 258 g/mol. The largest absolute Gasteiger partial charge is 0.360 e. The highest BCUT2D eigenvalue weighted by atomic mass is 79.9. The smallest absolute Gasteiger partial charge is 0.252 e. The van der Waals surface area contributed by atoms with Crippen molar-refractivity contribution in [3.63, 3.8) is 0 Å². The molecule has 0 N–H and O–H groups in total. The van der Waals surface area contributed by atoms with Gasteiger partial charge in [0.15, 0.2) is 0 Å². The van der Waals surface area contributed by atoms with E-state index in [1.165, 1.54) is 18.9 Å². The summed E-state index contributed by atoms with van der Waals surface area (Å²) in [5, 5.41) is 0. The van der Waals surface area contributed by atoms with Crippen LogP contribution in [0.1, 0.15) is 12.8 Å². The van der Waals surface area contributed by atoms with Gasteiger partial charge in [-0.3, -0.25) is 9.36 Å². The minimum atomic E-state index is -0.0241. The van der Waals surface area contributed by atoms with Crippen LogP contribution in [-0.4, -0.2) is 11.2 Å². The van der Waals surface area contributed by atoms with Crippen LogP contribution in [-0.2, 0) is 11.5 Å². The molecule has 1 saturated carbocycles. The van der Waals surface area contributed by atoms with Crippen molar-refractivity contribution < 1.29 is 4.74 Å². The maximum absolute atomic E-state index is 11.3. The molecule has 0 unspecified atom stereocenters. The van der Waals surface area contributed by atoms with Crippen molar-refractivity contribution in [2.75, 3.05) is 6.61 Å². The van der Waals surface area contributed by atoms with E-state index < -0.39 is 0 Å². The Balaban J connectivity index is 1.93. The average Bonchev–Trinajstić information content (AvgIpc) is 2.95. The molecule has 0 saturated heterocycles. The van der Waals surface area contributed by atoms with Crippen molar-refractivity contribution in [1.29, 1.82) is 0 Å². The molecule has 2 rings (SSSR count). The monoisotopic (exact) mass is 257 g/mol. The standard InChI is InChI=1S/C10H12BrNO2/c11-9-3-4-10(13)12(5-9)7-14-6-8-1-2-8/h3-5,8H,1-2,6-7H2. The minimum Gasteiger partial charge on any atom is -0.360 e. The lowest BCUT2D eigenvalue weighted by Gasteiger charge is -2.06. The number of pyridine rings is 1. The zero-order valence-corrected chi connectivity index (χ0v) is 9.37. The van der Waals surface area contributed by atoms with Crippen LogP contribution < -0.4 is 5.56 Å². The number of halogens is 1. The highest BCUT2D eigenvalue weighted by Crippen LogP contribution is 2.28. The van der Waals surface area contributed by atoms with Gasteiger partial charge >= 0.3 is 0 Å². The third kappa shape index (κ3) is 2.69. The molecule has 0 bridgehead atoms. The summed E-state index contributed by atoms with van der Waals surface area (Å²) in [4.78, 5) is 11.3. The second-order valence-electron chi connectivity index (χ2n) is 3.60. The number of hydrogen-bond acceptors (Lipinski definition) is 2. The summed E-state index contributed by atoms with van der Waals surface area (Å²) >= 11 is 3.31. The molecule has 4 heteroatoms. The first-order chi connectivity index (χ1) is 6.75. The summed E-state index contributed by atoms with van der Waals surface area (Å²) in [5.41, 5.74) is -0.0241. The van der Waals surface area contributed by atoms with Gasteiger partial charge in [0.1, 0.15) is 6.73 Å². The molecule has 14 heavy (non-hydrogen) atoms. The zero-order valence-electron chi connectivity index (χ0n) is 7.78. The Morgan fingerprint density at radius 1 is 1.50 bits per heavy atom. The molecule has 1 heterocycles. The van der Waals surface area contributed by atoms with Crippen LogP contribution in [0.4, 0.5) is 0 Å². The highest BCUT2D eigenvalue weighted by Gasteiger charge is 2.21. The van der Waals surface area contributed by atoms with Gasteiger partial charge in [-0.1, -0.05) is 0 Å². The van der Waals surface area contributed by atoms with Gasteiger partial charge in [-0.2, -0.15) is 0 Å². The Bertz CT molecular complexity index is 371. The van der Waals surface area contributed by atoms with Gasteiger partial charge in [0, 0.05) is 16.7 Å². The van der Waals surface area contributed by atoms with Crippen LogP contribution in [0.15, 0.2) is 27.6 Å². The lowest BCUT2D eigenvalue weighted by Crippen LogP contribution is -2.20. The molecule has 3 nitrogen and oxygen atoms in total. The van der Waals surface area contributed by atoms with E-state index >= 15 is 0 Å². The summed E-state index contributed by atoms with van der Waals surface area (Å²) in [7, 11) is 0. The molecule has 1 aliphatic rings. The summed E-state index contributed by atoms with van der Waals surface area (Å²) in [5.74, 6) is 0.734. The van der Waals surface area contributed by atoms with E-state index in [4.69, 9.17) is 4.74 Å². The molecule has 0 atom stereocenters. The Morgan fingerprint density at radius 2 is 2.29 bits per heavy atom. The van der Waals surface area contributed by atoms with Gasteiger partial charge in [-0.15, -0.1) is 0 Å². The maximum Gasteiger partial charge on any atom is 0.252 e. The summed E-state index contributed by atoms with van der Waals surface area (Å²) in [6.07, 6.45) is 4.29. The van der Waals surface area contributed by atoms with Crippen molar-refractivity contribution in [2.45, 2.75) is 19.6 Å². The third-order valence-corrected chi connectivity index (χ3v) is 2.70. The van der Waals surface area contributed by atoms with Gasteiger partial charge < -0.3 is 4.74 Å². The number of aromatic nitrogens is 1. The first-order valence-corrected chi connectivity index (χ1v) is 5.49. The van der Waals surface area contributed by atoms with E-state index in [9.17, 15) is 4.79 Å². The molecule has 0 spiro atoms. The molecule has 1 fully saturated rings. The van der Waals surface area contributed by atoms with Gasteiger partial charge in [0.05, 0.1) is 6.61 Å². The maximum atomic E-state index is 11.3. The number of rotatable bonds is 4.